The number of anilines is 1. The maximum absolute atomic E-state index is 13.5. The number of nitrogens with zero attached hydrogens (tertiary/aromatic N) is 2. The van der Waals surface area contributed by atoms with Gasteiger partial charge in [0.05, 0.1) is 6.54 Å². The lowest BCUT2D eigenvalue weighted by Crippen LogP contribution is -2.51. The van der Waals surface area contributed by atoms with Gasteiger partial charge in [-0.25, -0.2) is 9.38 Å². The molecule has 0 saturated carbocycles. The summed E-state index contributed by atoms with van der Waals surface area (Å²) >= 11 is 0. The van der Waals surface area contributed by atoms with Crippen LogP contribution < -0.4 is 15.5 Å². The van der Waals surface area contributed by atoms with Gasteiger partial charge in [0, 0.05) is 31.4 Å². The molecule has 0 aliphatic carbocycles. The molecule has 1 heterocycles. The second-order valence-corrected chi connectivity index (χ2v) is 6.77. The van der Waals surface area contributed by atoms with Crippen LogP contribution in [-0.4, -0.2) is 36.7 Å². The Bertz CT molecular complexity index is 763. The molecule has 27 heavy (non-hydrogen) atoms. The standard InChI is InChI=1S/C21H27FN4O/c1-2-23-21(24-14-16-8-10-20(27)11-9-16)25-18-6-4-12-26(15-18)19-7-3-5-17(22)13-19/h3,5,7-11,13,18,27H,2,4,6,12,14-15H2,1H3,(H2,23,24,25). The molecule has 1 fully saturated rings. The molecule has 144 valence electrons. The van der Waals surface area contributed by atoms with E-state index in [9.17, 15) is 9.50 Å². The van der Waals surface area contributed by atoms with Gasteiger partial charge in [0.25, 0.3) is 0 Å². The van der Waals surface area contributed by atoms with Gasteiger partial charge in [0.15, 0.2) is 5.96 Å². The predicted octanol–water partition coefficient (Wildman–Crippen LogP) is 3.26. The zero-order chi connectivity index (χ0) is 19.1. The summed E-state index contributed by atoms with van der Waals surface area (Å²) in [5, 5.41) is 16.2. The van der Waals surface area contributed by atoms with E-state index < -0.39 is 0 Å². The number of nitrogens with one attached hydrogen (secondary N) is 2. The van der Waals surface area contributed by atoms with Crippen LogP contribution in [0.3, 0.4) is 0 Å². The van der Waals surface area contributed by atoms with Crippen molar-refractivity contribution in [1.29, 1.82) is 0 Å². The number of benzene rings is 2. The maximum atomic E-state index is 13.5. The Kier molecular flexibility index (Phi) is 6.52. The lowest BCUT2D eigenvalue weighted by Gasteiger charge is -2.35. The summed E-state index contributed by atoms with van der Waals surface area (Å²) < 4.78 is 13.5. The minimum absolute atomic E-state index is 0.202. The number of piperidine rings is 1. The Labute approximate surface area is 159 Å². The molecule has 2 aromatic rings. The van der Waals surface area contributed by atoms with Gasteiger partial charge in [-0.1, -0.05) is 18.2 Å². The first-order chi connectivity index (χ1) is 13.1. The zero-order valence-corrected chi connectivity index (χ0v) is 15.7. The molecule has 1 saturated heterocycles. The molecule has 1 atom stereocenters. The van der Waals surface area contributed by atoms with Crippen LogP contribution in [0.15, 0.2) is 53.5 Å². The third kappa shape index (κ3) is 5.61. The Hall–Kier alpha value is -2.76. The van der Waals surface area contributed by atoms with Gasteiger partial charge < -0.3 is 20.6 Å². The number of hydrogen-bond acceptors (Lipinski definition) is 3. The number of halogens is 1. The van der Waals surface area contributed by atoms with Gasteiger partial charge in [-0.15, -0.1) is 0 Å². The molecular weight excluding hydrogens is 343 g/mol. The van der Waals surface area contributed by atoms with E-state index in [1.807, 2.05) is 25.1 Å². The first-order valence-electron chi connectivity index (χ1n) is 9.47. The van der Waals surface area contributed by atoms with E-state index in [0.717, 1.165) is 49.7 Å². The average Bonchev–Trinajstić information content (AvgIpc) is 2.68. The Balaban J connectivity index is 1.63. The molecule has 1 unspecified atom stereocenters. The first kappa shape index (κ1) is 19.0. The Morgan fingerprint density at radius 2 is 2.07 bits per heavy atom. The van der Waals surface area contributed by atoms with E-state index in [4.69, 9.17) is 0 Å². The summed E-state index contributed by atoms with van der Waals surface area (Å²) in [6.07, 6.45) is 2.10. The van der Waals surface area contributed by atoms with Crippen molar-refractivity contribution in [2.45, 2.75) is 32.4 Å². The highest BCUT2D eigenvalue weighted by atomic mass is 19.1. The molecule has 0 aromatic heterocycles. The first-order valence-corrected chi connectivity index (χ1v) is 9.47. The predicted molar refractivity (Wildman–Crippen MR) is 108 cm³/mol. The molecule has 0 radical (unpaired) electrons. The van der Waals surface area contributed by atoms with E-state index in [2.05, 4.69) is 20.5 Å². The minimum atomic E-state index is -0.202. The summed E-state index contributed by atoms with van der Waals surface area (Å²) in [4.78, 5) is 6.87. The highest BCUT2D eigenvalue weighted by Crippen LogP contribution is 2.20. The summed E-state index contributed by atoms with van der Waals surface area (Å²) in [6.45, 7) is 5.10. The number of rotatable bonds is 5. The molecule has 1 aliphatic heterocycles. The van der Waals surface area contributed by atoms with Crippen LogP contribution in [0, 0.1) is 5.82 Å². The van der Waals surface area contributed by atoms with Crippen LogP contribution in [0.4, 0.5) is 10.1 Å². The molecule has 6 heteroatoms. The Morgan fingerprint density at radius 1 is 1.26 bits per heavy atom. The molecule has 1 aliphatic rings. The number of guanidine groups is 1. The van der Waals surface area contributed by atoms with E-state index in [1.165, 1.54) is 6.07 Å². The quantitative estimate of drug-likeness (QED) is 0.559. The van der Waals surface area contributed by atoms with Crippen LogP contribution in [0.5, 0.6) is 5.75 Å². The van der Waals surface area contributed by atoms with Crippen LogP contribution in [-0.2, 0) is 6.54 Å². The largest absolute Gasteiger partial charge is 0.508 e. The second-order valence-electron chi connectivity index (χ2n) is 6.77. The molecule has 0 amide bonds. The fourth-order valence-corrected chi connectivity index (χ4v) is 3.29. The highest BCUT2D eigenvalue weighted by molar-refractivity contribution is 5.80. The number of aromatic hydroxyl groups is 1. The van der Waals surface area contributed by atoms with E-state index in [0.29, 0.717) is 6.54 Å². The smallest absolute Gasteiger partial charge is 0.191 e. The van der Waals surface area contributed by atoms with E-state index in [-0.39, 0.29) is 17.6 Å². The summed E-state index contributed by atoms with van der Waals surface area (Å²) in [6, 6.07) is 14.1. The number of phenolic OH excluding ortho intramolecular Hbond substituents is 1. The monoisotopic (exact) mass is 370 g/mol. The van der Waals surface area contributed by atoms with Gasteiger partial charge >= 0.3 is 0 Å². The van der Waals surface area contributed by atoms with Crippen LogP contribution in [0.2, 0.25) is 0 Å². The summed E-state index contributed by atoms with van der Waals surface area (Å²) in [7, 11) is 0. The van der Waals surface area contributed by atoms with Crippen molar-refractivity contribution in [3.05, 3.63) is 59.9 Å². The fourth-order valence-electron chi connectivity index (χ4n) is 3.29. The van der Waals surface area contributed by atoms with Crippen molar-refractivity contribution in [2.75, 3.05) is 24.5 Å². The van der Waals surface area contributed by atoms with Crippen molar-refractivity contribution in [3.63, 3.8) is 0 Å². The molecule has 0 spiro atoms. The number of phenols is 1. The average molecular weight is 370 g/mol. The third-order valence-electron chi connectivity index (χ3n) is 4.64. The van der Waals surface area contributed by atoms with Crippen molar-refractivity contribution in [3.8, 4) is 5.75 Å². The number of hydrogen-bond donors (Lipinski definition) is 3. The van der Waals surface area contributed by atoms with E-state index >= 15 is 0 Å². The van der Waals surface area contributed by atoms with Gasteiger partial charge in [0.1, 0.15) is 11.6 Å². The molecule has 3 N–H and O–H groups in total. The van der Waals surface area contributed by atoms with Gasteiger partial charge in [-0.3, -0.25) is 0 Å². The molecule has 2 aromatic carbocycles. The normalized spacial score (nSPS) is 17.6. The SMILES string of the molecule is CCNC(=NCc1ccc(O)cc1)NC1CCCN(c2cccc(F)c2)C1. The summed E-state index contributed by atoms with van der Waals surface area (Å²) in [5.41, 5.74) is 1.96. The molecule has 5 nitrogen and oxygen atoms in total. The minimum Gasteiger partial charge on any atom is -0.508 e. The van der Waals surface area contributed by atoms with Gasteiger partial charge in [-0.2, -0.15) is 0 Å². The zero-order valence-electron chi connectivity index (χ0n) is 15.7. The highest BCUT2D eigenvalue weighted by Gasteiger charge is 2.21. The molecular formula is C21H27FN4O. The van der Waals surface area contributed by atoms with Crippen LogP contribution in [0.25, 0.3) is 0 Å². The van der Waals surface area contributed by atoms with Crippen molar-refractivity contribution in [2.24, 2.45) is 4.99 Å². The number of aliphatic imine (C=N–C) groups is 1. The van der Waals surface area contributed by atoms with E-state index in [1.54, 1.807) is 24.3 Å². The van der Waals surface area contributed by atoms with Gasteiger partial charge in [0.2, 0.25) is 0 Å². The third-order valence-corrected chi connectivity index (χ3v) is 4.64. The summed E-state index contributed by atoms with van der Waals surface area (Å²) in [5.74, 6) is 0.829. The topological polar surface area (TPSA) is 59.9 Å². The lowest BCUT2D eigenvalue weighted by molar-refractivity contribution is 0.467. The van der Waals surface area contributed by atoms with Crippen molar-refractivity contribution >= 4 is 11.6 Å². The fraction of sp³-hybridized carbons (Fsp3) is 0.381. The Morgan fingerprint density at radius 3 is 2.81 bits per heavy atom. The van der Waals surface area contributed by atoms with Crippen molar-refractivity contribution in [1.82, 2.24) is 10.6 Å². The van der Waals surface area contributed by atoms with Crippen LogP contribution >= 0.6 is 0 Å². The second kappa shape index (κ2) is 9.26. The molecule has 0 bridgehead atoms. The van der Waals surface area contributed by atoms with Crippen molar-refractivity contribution < 1.29 is 9.50 Å². The maximum Gasteiger partial charge on any atom is 0.191 e. The lowest BCUT2D eigenvalue weighted by atomic mass is 10.0. The van der Waals surface area contributed by atoms with Gasteiger partial charge in [-0.05, 0) is 55.7 Å². The van der Waals surface area contributed by atoms with Crippen LogP contribution in [0.1, 0.15) is 25.3 Å². The molecule has 3 rings (SSSR count).